The molecular weight excluding hydrogens is 360 g/mol. The van der Waals surface area contributed by atoms with Crippen LogP contribution in [0, 0.1) is 0 Å². The number of rotatable bonds is 2. The Morgan fingerprint density at radius 3 is 2.96 bits per heavy atom. The molecule has 24 heavy (non-hydrogen) atoms. The molecule has 1 aliphatic rings. The number of aromatic nitrogens is 1. The molecule has 4 nitrogen and oxygen atoms in total. The van der Waals surface area contributed by atoms with E-state index >= 15 is 0 Å². The first kappa shape index (κ1) is 15.5. The van der Waals surface area contributed by atoms with E-state index in [2.05, 4.69) is 26.7 Å². The molecule has 4 rings (SSSR count). The van der Waals surface area contributed by atoms with Crippen molar-refractivity contribution in [3.8, 4) is 9.75 Å². The minimum Gasteiger partial charge on any atom is -0.326 e. The third-order valence-electron chi connectivity index (χ3n) is 3.67. The highest BCUT2D eigenvalue weighted by Gasteiger charge is 2.25. The fourth-order valence-electron chi connectivity index (χ4n) is 2.52. The van der Waals surface area contributed by atoms with Crippen LogP contribution in [-0.4, -0.2) is 24.1 Å². The van der Waals surface area contributed by atoms with Gasteiger partial charge in [0, 0.05) is 34.8 Å². The SMILES string of the molecule is CN=C1Nc2ncccc2C=NC1c1sc(-c2cccs2)cc1Cl. The number of amidine groups is 1. The van der Waals surface area contributed by atoms with E-state index in [1.807, 2.05) is 30.5 Å². The molecule has 0 aliphatic carbocycles. The summed E-state index contributed by atoms with van der Waals surface area (Å²) in [5, 5.41) is 6.07. The second-order valence-electron chi connectivity index (χ2n) is 5.16. The normalized spacial score (nSPS) is 18.2. The number of nitrogens with one attached hydrogen (secondary N) is 1. The molecule has 3 aromatic heterocycles. The lowest BCUT2D eigenvalue weighted by molar-refractivity contribution is 0.988. The molecular formula is C17H13ClN4S2. The van der Waals surface area contributed by atoms with Gasteiger partial charge in [-0.3, -0.25) is 9.98 Å². The molecule has 120 valence electrons. The van der Waals surface area contributed by atoms with E-state index in [9.17, 15) is 0 Å². The summed E-state index contributed by atoms with van der Waals surface area (Å²) < 4.78 is 0. The fourth-order valence-corrected chi connectivity index (χ4v) is 4.84. The largest absolute Gasteiger partial charge is 0.326 e. The van der Waals surface area contributed by atoms with Crippen LogP contribution < -0.4 is 5.32 Å². The van der Waals surface area contributed by atoms with Crippen molar-refractivity contribution >= 4 is 52.1 Å². The van der Waals surface area contributed by atoms with Crippen LogP contribution in [0.25, 0.3) is 9.75 Å². The minimum atomic E-state index is -0.254. The molecule has 1 atom stereocenters. The van der Waals surface area contributed by atoms with Crippen LogP contribution in [-0.2, 0) is 0 Å². The van der Waals surface area contributed by atoms with Gasteiger partial charge in [0.15, 0.2) is 0 Å². The number of halogens is 1. The highest BCUT2D eigenvalue weighted by atomic mass is 35.5. The molecule has 0 saturated heterocycles. The van der Waals surface area contributed by atoms with Crippen molar-refractivity contribution in [1.29, 1.82) is 0 Å². The van der Waals surface area contributed by atoms with Gasteiger partial charge >= 0.3 is 0 Å². The van der Waals surface area contributed by atoms with Crippen LogP contribution in [0.15, 0.2) is 51.9 Å². The highest BCUT2D eigenvalue weighted by molar-refractivity contribution is 7.21. The average Bonchev–Trinajstić information content (AvgIpc) is 3.21. The van der Waals surface area contributed by atoms with Crippen molar-refractivity contribution in [2.24, 2.45) is 9.98 Å². The van der Waals surface area contributed by atoms with E-state index in [-0.39, 0.29) is 6.04 Å². The Bertz CT molecular complexity index is 928. The number of hydrogen-bond acceptors (Lipinski definition) is 5. The molecule has 1 N–H and O–H groups in total. The first-order chi connectivity index (χ1) is 11.8. The van der Waals surface area contributed by atoms with Gasteiger partial charge in [-0.2, -0.15) is 0 Å². The predicted octanol–water partition coefficient (Wildman–Crippen LogP) is 5.14. The average molecular weight is 373 g/mol. The summed E-state index contributed by atoms with van der Waals surface area (Å²) in [7, 11) is 1.75. The van der Waals surface area contributed by atoms with Gasteiger partial charge in [-0.1, -0.05) is 17.7 Å². The van der Waals surface area contributed by atoms with E-state index in [1.54, 1.807) is 35.9 Å². The second kappa shape index (κ2) is 6.47. The van der Waals surface area contributed by atoms with E-state index in [4.69, 9.17) is 16.6 Å². The lowest BCUT2D eigenvalue weighted by atomic mass is 10.2. The van der Waals surface area contributed by atoms with Crippen LogP contribution >= 0.6 is 34.3 Å². The lowest BCUT2D eigenvalue weighted by Gasteiger charge is -2.13. The second-order valence-corrected chi connectivity index (χ2v) is 7.59. The van der Waals surface area contributed by atoms with Crippen molar-refractivity contribution in [2.75, 3.05) is 12.4 Å². The smallest absolute Gasteiger partial charge is 0.143 e. The number of hydrogen-bond donors (Lipinski definition) is 1. The Balaban J connectivity index is 1.76. The molecule has 3 aromatic rings. The topological polar surface area (TPSA) is 49.6 Å². The summed E-state index contributed by atoms with van der Waals surface area (Å²) in [5.41, 5.74) is 0.937. The van der Waals surface area contributed by atoms with Gasteiger partial charge in [0.05, 0.1) is 9.90 Å². The summed E-state index contributed by atoms with van der Waals surface area (Å²) >= 11 is 9.88. The molecule has 0 fully saturated rings. The minimum absolute atomic E-state index is 0.254. The third kappa shape index (κ3) is 2.77. The number of anilines is 1. The van der Waals surface area contributed by atoms with Gasteiger partial charge in [-0.15, -0.1) is 22.7 Å². The van der Waals surface area contributed by atoms with Crippen molar-refractivity contribution in [2.45, 2.75) is 6.04 Å². The number of aliphatic imine (C=N–C) groups is 2. The van der Waals surface area contributed by atoms with Gasteiger partial charge in [0.2, 0.25) is 0 Å². The maximum Gasteiger partial charge on any atom is 0.143 e. The standard InChI is InChI=1S/C17H13ClN4S2/c1-19-17-14(21-9-10-4-2-6-20-16(10)22-17)15-11(18)8-13(24-15)12-5-3-7-23-12/h2-9,14H,1H3,(H,19,20,22). The Morgan fingerprint density at radius 1 is 1.25 bits per heavy atom. The molecule has 0 saturated carbocycles. The third-order valence-corrected chi connectivity index (χ3v) is 6.35. The lowest BCUT2D eigenvalue weighted by Crippen LogP contribution is -2.19. The Labute approximate surface area is 152 Å². The molecule has 4 heterocycles. The molecule has 7 heteroatoms. The van der Waals surface area contributed by atoms with Gasteiger partial charge in [0.25, 0.3) is 0 Å². The van der Waals surface area contributed by atoms with Crippen molar-refractivity contribution < 1.29 is 0 Å². The molecule has 0 amide bonds. The monoisotopic (exact) mass is 372 g/mol. The Hall–Kier alpha value is -2.02. The quantitative estimate of drug-likeness (QED) is 0.677. The van der Waals surface area contributed by atoms with Crippen molar-refractivity contribution in [1.82, 2.24) is 4.98 Å². The van der Waals surface area contributed by atoms with Crippen LogP contribution in [0.4, 0.5) is 5.82 Å². The summed E-state index contributed by atoms with van der Waals surface area (Å²) in [4.78, 5) is 16.8. The van der Waals surface area contributed by atoms with Crippen molar-refractivity contribution in [3.05, 3.63) is 57.4 Å². The molecule has 1 unspecified atom stereocenters. The van der Waals surface area contributed by atoms with Gasteiger partial charge in [-0.25, -0.2) is 4.98 Å². The van der Waals surface area contributed by atoms with E-state index in [0.29, 0.717) is 5.02 Å². The summed E-state index contributed by atoms with van der Waals surface area (Å²) in [6.45, 7) is 0. The zero-order chi connectivity index (χ0) is 16.5. The van der Waals surface area contributed by atoms with E-state index < -0.39 is 0 Å². The number of pyridine rings is 1. The van der Waals surface area contributed by atoms with Crippen LogP contribution in [0.1, 0.15) is 16.5 Å². The molecule has 0 spiro atoms. The fraction of sp³-hybridized carbons (Fsp3) is 0.118. The first-order valence-corrected chi connectivity index (χ1v) is 9.38. The number of nitrogens with zero attached hydrogens (tertiary/aromatic N) is 3. The van der Waals surface area contributed by atoms with Crippen molar-refractivity contribution in [3.63, 3.8) is 0 Å². The van der Waals surface area contributed by atoms with E-state index in [1.165, 1.54) is 4.88 Å². The zero-order valence-electron chi connectivity index (χ0n) is 12.7. The number of thiophene rings is 2. The maximum absolute atomic E-state index is 6.52. The van der Waals surface area contributed by atoms with Crippen LogP contribution in [0.5, 0.6) is 0 Å². The maximum atomic E-state index is 6.52. The van der Waals surface area contributed by atoms with Gasteiger partial charge in [-0.05, 0) is 29.6 Å². The number of fused-ring (bicyclic) bond motifs is 1. The summed E-state index contributed by atoms with van der Waals surface area (Å²) in [5.74, 6) is 1.50. The first-order valence-electron chi connectivity index (χ1n) is 7.31. The Kier molecular flexibility index (Phi) is 4.18. The molecule has 0 aromatic carbocycles. The van der Waals surface area contributed by atoms with Crippen LogP contribution in [0.2, 0.25) is 5.02 Å². The molecule has 0 bridgehead atoms. The Morgan fingerprint density at radius 2 is 2.17 bits per heavy atom. The van der Waals surface area contributed by atoms with Gasteiger partial charge < -0.3 is 5.32 Å². The van der Waals surface area contributed by atoms with Crippen LogP contribution in [0.3, 0.4) is 0 Å². The highest BCUT2D eigenvalue weighted by Crippen LogP contribution is 2.41. The predicted molar refractivity (Wildman–Crippen MR) is 104 cm³/mol. The summed E-state index contributed by atoms with van der Waals surface area (Å²) in [6.07, 6.45) is 3.58. The summed E-state index contributed by atoms with van der Waals surface area (Å²) in [6, 6.07) is 9.76. The van der Waals surface area contributed by atoms with E-state index in [0.717, 1.165) is 27.0 Å². The molecule has 0 radical (unpaired) electrons. The zero-order valence-corrected chi connectivity index (χ0v) is 15.1. The van der Waals surface area contributed by atoms with Gasteiger partial charge in [0.1, 0.15) is 17.7 Å². The molecule has 1 aliphatic heterocycles.